The van der Waals surface area contributed by atoms with Crippen molar-refractivity contribution in [3.05, 3.63) is 57.8 Å². The van der Waals surface area contributed by atoms with E-state index < -0.39 is 0 Å². The number of rotatable bonds is 3. The molecule has 1 aliphatic heterocycles. The topological polar surface area (TPSA) is 40.6 Å². The van der Waals surface area contributed by atoms with Crippen LogP contribution in [0, 0.1) is 6.92 Å². The monoisotopic (exact) mass is 342 g/mol. The van der Waals surface area contributed by atoms with Gasteiger partial charge in [0.15, 0.2) is 0 Å². The van der Waals surface area contributed by atoms with Crippen LogP contribution in [0.4, 0.5) is 0 Å². The fourth-order valence-corrected chi connectivity index (χ4v) is 3.62. The maximum absolute atomic E-state index is 12.6. The number of aryl methyl sites for hydroxylation is 1. The van der Waals surface area contributed by atoms with Crippen LogP contribution in [0.1, 0.15) is 27.2 Å². The Labute approximate surface area is 146 Å². The van der Waals surface area contributed by atoms with Crippen LogP contribution in [0.3, 0.4) is 0 Å². The smallest absolute Gasteiger partial charge is 0.253 e. The van der Waals surface area contributed by atoms with Crippen LogP contribution in [0.25, 0.3) is 0 Å². The van der Waals surface area contributed by atoms with Crippen molar-refractivity contribution in [3.63, 3.8) is 0 Å². The molecule has 0 radical (unpaired) electrons. The minimum absolute atomic E-state index is 0.0579. The van der Waals surface area contributed by atoms with E-state index in [2.05, 4.69) is 0 Å². The summed E-state index contributed by atoms with van der Waals surface area (Å²) >= 11 is 1.61. The molecule has 0 N–H and O–H groups in total. The number of carbonyl (C=O) groups is 2. The van der Waals surface area contributed by atoms with Crippen LogP contribution < -0.4 is 0 Å². The van der Waals surface area contributed by atoms with E-state index in [1.807, 2.05) is 58.5 Å². The van der Waals surface area contributed by atoms with Gasteiger partial charge in [-0.25, -0.2) is 0 Å². The molecule has 1 saturated heterocycles. The van der Waals surface area contributed by atoms with Crippen LogP contribution in [-0.4, -0.2) is 47.8 Å². The summed E-state index contributed by atoms with van der Waals surface area (Å²) in [6.45, 7) is 4.65. The molecular weight excluding hydrogens is 320 g/mol. The van der Waals surface area contributed by atoms with Gasteiger partial charge in [-0.15, -0.1) is 11.3 Å². The molecule has 126 valence electrons. The molecule has 2 aromatic rings. The molecule has 0 saturated carbocycles. The minimum atomic E-state index is 0.0579. The summed E-state index contributed by atoms with van der Waals surface area (Å²) in [6, 6.07) is 11.6. The average Bonchev–Trinajstić information content (AvgIpc) is 2.96. The van der Waals surface area contributed by atoms with Crippen molar-refractivity contribution in [2.24, 2.45) is 0 Å². The number of hydrogen-bond donors (Lipinski definition) is 0. The summed E-state index contributed by atoms with van der Waals surface area (Å²) in [7, 11) is 0. The van der Waals surface area contributed by atoms with E-state index in [9.17, 15) is 9.59 Å². The summed E-state index contributed by atoms with van der Waals surface area (Å²) in [5.41, 5.74) is 1.87. The standard InChI is InChI=1S/C19H22N2O2S/c1-15-5-7-16(8-6-15)19(23)21-10-3-9-20(11-12-21)18(22)14-17-4-2-13-24-17/h2,4-8,13H,3,9-12,14H2,1H3. The van der Waals surface area contributed by atoms with E-state index in [0.717, 1.165) is 29.0 Å². The van der Waals surface area contributed by atoms with Gasteiger partial charge in [0.1, 0.15) is 0 Å². The third-order valence-corrected chi connectivity index (χ3v) is 5.22. The summed E-state index contributed by atoms with van der Waals surface area (Å²) in [5, 5.41) is 1.99. The maximum Gasteiger partial charge on any atom is 0.253 e. The highest BCUT2D eigenvalue weighted by Gasteiger charge is 2.22. The van der Waals surface area contributed by atoms with Crippen LogP contribution >= 0.6 is 11.3 Å². The Morgan fingerprint density at radius 2 is 1.71 bits per heavy atom. The van der Waals surface area contributed by atoms with Crippen molar-refractivity contribution < 1.29 is 9.59 Å². The Kier molecular flexibility index (Phi) is 5.30. The molecule has 24 heavy (non-hydrogen) atoms. The zero-order valence-corrected chi connectivity index (χ0v) is 14.7. The highest BCUT2D eigenvalue weighted by Crippen LogP contribution is 2.14. The van der Waals surface area contributed by atoms with Gasteiger partial charge in [-0.05, 0) is 36.9 Å². The summed E-state index contributed by atoms with van der Waals surface area (Å²) in [5.74, 6) is 0.213. The molecule has 5 heteroatoms. The molecule has 1 aliphatic rings. The normalized spacial score (nSPS) is 15.2. The Morgan fingerprint density at radius 1 is 1.00 bits per heavy atom. The van der Waals surface area contributed by atoms with Crippen molar-refractivity contribution in [3.8, 4) is 0 Å². The van der Waals surface area contributed by atoms with Gasteiger partial charge in [0, 0.05) is 36.6 Å². The molecule has 0 aliphatic carbocycles. The second kappa shape index (κ2) is 7.62. The van der Waals surface area contributed by atoms with Crippen molar-refractivity contribution in [2.75, 3.05) is 26.2 Å². The van der Waals surface area contributed by atoms with Gasteiger partial charge in [0.25, 0.3) is 5.91 Å². The van der Waals surface area contributed by atoms with E-state index >= 15 is 0 Å². The lowest BCUT2D eigenvalue weighted by Crippen LogP contribution is -2.37. The molecule has 1 aromatic carbocycles. The first-order chi connectivity index (χ1) is 11.6. The molecule has 4 nitrogen and oxygen atoms in total. The Hall–Kier alpha value is -2.14. The van der Waals surface area contributed by atoms with Crippen molar-refractivity contribution in [1.29, 1.82) is 0 Å². The molecule has 2 amide bonds. The third kappa shape index (κ3) is 4.03. The Bertz CT molecular complexity index is 695. The first-order valence-corrected chi connectivity index (χ1v) is 9.17. The molecular formula is C19H22N2O2S. The van der Waals surface area contributed by atoms with Crippen molar-refractivity contribution in [1.82, 2.24) is 9.80 Å². The van der Waals surface area contributed by atoms with Gasteiger partial charge >= 0.3 is 0 Å². The number of carbonyl (C=O) groups excluding carboxylic acids is 2. The predicted octanol–water partition coefficient (Wildman–Crippen LogP) is 2.97. The fourth-order valence-electron chi connectivity index (χ4n) is 2.92. The highest BCUT2D eigenvalue weighted by atomic mass is 32.1. The molecule has 2 heterocycles. The molecule has 3 rings (SSSR count). The zero-order valence-electron chi connectivity index (χ0n) is 13.9. The SMILES string of the molecule is Cc1ccc(C(=O)N2CCCN(C(=O)Cc3cccs3)CC2)cc1. The quantitative estimate of drug-likeness (QED) is 0.860. The Balaban J connectivity index is 1.59. The summed E-state index contributed by atoms with van der Waals surface area (Å²) in [6.07, 6.45) is 1.29. The minimum Gasteiger partial charge on any atom is -0.341 e. The van der Waals surface area contributed by atoms with Crippen molar-refractivity contribution in [2.45, 2.75) is 19.8 Å². The van der Waals surface area contributed by atoms with Gasteiger partial charge in [0.2, 0.25) is 5.91 Å². The molecule has 0 unspecified atom stereocenters. The first kappa shape index (κ1) is 16.7. The second-order valence-corrected chi connectivity index (χ2v) is 7.18. The number of benzene rings is 1. The average molecular weight is 342 g/mol. The lowest BCUT2D eigenvalue weighted by molar-refractivity contribution is -0.130. The van der Waals surface area contributed by atoms with E-state index in [-0.39, 0.29) is 11.8 Å². The first-order valence-electron chi connectivity index (χ1n) is 8.29. The van der Waals surface area contributed by atoms with Gasteiger partial charge in [0.05, 0.1) is 6.42 Å². The van der Waals surface area contributed by atoms with Crippen LogP contribution in [0.15, 0.2) is 41.8 Å². The summed E-state index contributed by atoms with van der Waals surface area (Å²) in [4.78, 5) is 29.9. The van der Waals surface area contributed by atoms with Crippen LogP contribution in [0.5, 0.6) is 0 Å². The molecule has 0 atom stereocenters. The molecule has 1 aromatic heterocycles. The fraction of sp³-hybridized carbons (Fsp3) is 0.368. The lowest BCUT2D eigenvalue weighted by atomic mass is 10.1. The third-order valence-electron chi connectivity index (χ3n) is 4.34. The largest absolute Gasteiger partial charge is 0.341 e. The summed E-state index contributed by atoms with van der Waals surface area (Å²) < 4.78 is 0. The lowest BCUT2D eigenvalue weighted by Gasteiger charge is -2.22. The van der Waals surface area contributed by atoms with Gasteiger partial charge < -0.3 is 9.80 Å². The predicted molar refractivity (Wildman–Crippen MR) is 96.3 cm³/mol. The second-order valence-electron chi connectivity index (χ2n) is 6.15. The van der Waals surface area contributed by atoms with E-state index in [4.69, 9.17) is 0 Å². The maximum atomic E-state index is 12.6. The van der Waals surface area contributed by atoms with Crippen LogP contribution in [0.2, 0.25) is 0 Å². The van der Waals surface area contributed by atoms with Gasteiger partial charge in [-0.1, -0.05) is 23.8 Å². The van der Waals surface area contributed by atoms with E-state index in [1.165, 1.54) is 0 Å². The number of hydrogen-bond acceptors (Lipinski definition) is 3. The molecule has 0 bridgehead atoms. The molecule has 1 fully saturated rings. The van der Waals surface area contributed by atoms with Gasteiger partial charge in [-0.2, -0.15) is 0 Å². The Morgan fingerprint density at radius 3 is 2.42 bits per heavy atom. The number of amides is 2. The number of nitrogens with zero attached hydrogens (tertiary/aromatic N) is 2. The van der Waals surface area contributed by atoms with Crippen molar-refractivity contribution >= 4 is 23.2 Å². The van der Waals surface area contributed by atoms with E-state index in [0.29, 0.717) is 26.1 Å². The highest BCUT2D eigenvalue weighted by molar-refractivity contribution is 7.10. The van der Waals surface area contributed by atoms with E-state index in [1.54, 1.807) is 11.3 Å². The number of thiophene rings is 1. The molecule has 0 spiro atoms. The van der Waals surface area contributed by atoms with Gasteiger partial charge in [-0.3, -0.25) is 9.59 Å². The van der Waals surface area contributed by atoms with Crippen LogP contribution in [-0.2, 0) is 11.2 Å². The zero-order chi connectivity index (χ0) is 16.9.